The van der Waals surface area contributed by atoms with Gasteiger partial charge in [-0.25, -0.2) is 8.42 Å². The number of methoxy groups -OCH3 is 1. The van der Waals surface area contributed by atoms with Crippen molar-refractivity contribution in [1.29, 1.82) is 0 Å². The summed E-state index contributed by atoms with van der Waals surface area (Å²) in [5.41, 5.74) is 0.894. The lowest BCUT2D eigenvalue weighted by atomic mass is 10.1. The number of rotatable bonds is 8. The van der Waals surface area contributed by atoms with Gasteiger partial charge in [0.1, 0.15) is 0 Å². The first kappa shape index (κ1) is 19.6. The molecule has 0 unspecified atom stereocenters. The van der Waals surface area contributed by atoms with Crippen molar-refractivity contribution in [3.05, 3.63) is 59.7 Å². The normalized spacial score (nSPS) is 11.0. The van der Waals surface area contributed by atoms with Gasteiger partial charge in [-0.15, -0.1) is 0 Å². The van der Waals surface area contributed by atoms with Gasteiger partial charge in [0, 0.05) is 30.5 Å². The molecule has 0 heterocycles. The summed E-state index contributed by atoms with van der Waals surface area (Å²) < 4.78 is 32.4. The fraction of sp³-hybridized carbons (Fsp3) is 0.222. The maximum Gasteiger partial charge on any atom is 0.261 e. The quantitative estimate of drug-likeness (QED) is 0.542. The Balaban J connectivity index is 2.21. The summed E-state index contributed by atoms with van der Waals surface area (Å²) in [6.07, 6.45) is 0. The molecule has 0 fully saturated rings. The van der Waals surface area contributed by atoms with Crippen molar-refractivity contribution in [2.75, 3.05) is 25.0 Å². The second-order valence-corrected chi connectivity index (χ2v) is 7.20. The molecule has 0 spiro atoms. The first-order valence-corrected chi connectivity index (χ1v) is 9.33. The Kier molecular flexibility index (Phi) is 6.48. The van der Waals surface area contributed by atoms with Crippen LogP contribution in [0.5, 0.6) is 0 Å². The fourth-order valence-electron chi connectivity index (χ4n) is 2.19. The van der Waals surface area contributed by atoms with Crippen LogP contribution in [0.15, 0.2) is 53.4 Å². The van der Waals surface area contributed by atoms with E-state index >= 15 is 0 Å². The fourth-order valence-corrected chi connectivity index (χ4v) is 3.28. The zero-order valence-electron chi connectivity index (χ0n) is 14.5. The van der Waals surface area contributed by atoms with Crippen molar-refractivity contribution >= 4 is 27.4 Å². The average Bonchev–Trinajstić information content (AvgIpc) is 2.62. The first-order valence-electron chi connectivity index (χ1n) is 7.84. The van der Waals surface area contributed by atoms with Crippen LogP contribution in [0.25, 0.3) is 0 Å². The van der Waals surface area contributed by atoms with E-state index in [1.807, 2.05) is 0 Å². The van der Waals surface area contributed by atoms with Crippen molar-refractivity contribution in [1.82, 2.24) is 5.32 Å². The zero-order chi connectivity index (χ0) is 19.2. The zero-order valence-corrected chi connectivity index (χ0v) is 15.3. The number of Topliss-reactive ketones (excluding diaryl/α,β-unsaturated/α-hetero) is 1. The van der Waals surface area contributed by atoms with E-state index in [0.717, 1.165) is 0 Å². The predicted octanol–water partition coefficient (Wildman–Crippen LogP) is 2.07. The Morgan fingerprint density at radius 2 is 1.73 bits per heavy atom. The molecule has 138 valence electrons. The van der Waals surface area contributed by atoms with Crippen LogP contribution in [0.4, 0.5) is 5.69 Å². The number of benzene rings is 2. The van der Waals surface area contributed by atoms with Crippen molar-refractivity contribution in [3.63, 3.8) is 0 Å². The predicted molar refractivity (Wildman–Crippen MR) is 97.9 cm³/mol. The summed E-state index contributed by atoms with van der Waals surface area (Å²) in [7, 11) is -2.38. The molecule has 0 radical (unpaired) electrons. The maximum absolute atomic E-state index is 12.6. The number of ether oxygens (including phenoxy) is 1. The SMILES string of the molecule is COCCNC(=O)c1cccc(S(=O)(=O)Nc2cccc(C(C)=O)c2)c1. The van der Waals surface area contributed by atoms with Gasteiger partial charge in [0.2, 0.25) is 0 Å². The van der Waals surface area contributed by atoms with Gasteiger partial charge < -0.3 is 10.1 Å². The molecule has 0 aliphatic rings. The molecule has 0 saturated heterocycles. The van der Waals surface area contributed by atoms with E-state index in [4.69, 9.17) is 4.74 Å². The highest BCUT2D eigenvalue weighted by atomic mass is 32.2. The van der Waals surface area contributed by atoms with Gasteiger partial charge in [0.25, 0.3) is 15.9 Å². The Hall–Kier alpha value is -2.71. The van der Waals surface area contributed by atoms with Gasteiger partial charge in [0.15, 0.2) is 5.78 Å². The van der Waals surface area contributed by atoms with Crippen LogP contribution >= 0.6 is 0 Å². The summed E-state index contributed by atoms with van der Waals surface area (Å²) in [5.74, 6) is -0.557. The largest absolute Gasteiger partial charge is 0.383 e. The molecule has 0 aliphatic heterocycles. The van der Waals surface area contributed by atoms with E-state index in [2.05, 4.69) is 10.0 Å². The highest BCUT2D eigenvalue weighted by molar-refractivity contribution is 7.92. The average molecular weight is 376 g/mol. The standard InChI is InChI=1S/C18H20N2O5S/c1-13(21)14-5-3-7-16(11-14)20-26(23,24)17-8-4-6-15(12-17)18(22)19-9-10-25-2/h3-8,11-12,20H,9-10H2,1-2H3,(H,19,22). The number of carbonyl (C=O) groups excluding carboxylic acids is 2. The Morgan fingerprint density at radius 1 is 1.04 bits per heavy atom. The molecule has 2 N–H and O–H groups in total. The maximum atomic E-state index is 12.6. The second kappa shape index (κ2) is 8.59. The Morgan fingerprint density at radius 3 is 2.42 bits per heavy atom. The summed E-state index contributed by atoms with van der Waals surface area (Å²) in [4.78, 5) is 23.4. The van der Waals surface area contributed by atoms with Crippen LogP contribution < -0.4 is 10.0 Å². The summed E-state index contributed by atoms with van der Waals surface area (Å²) >= 11 is 0. The van der Waals surface area contributed by atoms with E-state index in [0.29, 0.717) is 18.7 Å². The van der Waals surface area contributed by atoms with E-state index in [1.54, 1.807) is 18.2 Å². The van der Waals surface area contributed by atoms with E-state index in [9.17, 15) is 18.0 Å². The lowest BCUT2D eigenvalue weighted by Crippen LogP contribution is -2.27. The number of hydrogen-bond acceptors (Lipinski definition) is 5. The lowest BCUT2D eigenvalue weighted by Gasteiger charge is -2.10. The molecular formula is C18H20N2O5S. The molecule has 0 bridgehead atoms. The molecule has 0 saturated carbocycles. The van der Waals surface area contributed by atoms with Crippen molar-refractivity contribution in [3.8, 4) is 0 Å². The van der Waals surface area contributed by atoms with E-state index in [1.165, 1.54) is 44.4 Å². The molecule has 0 aromatic heterocycles. The van der Waals surface area contributed by atoms with Crippen LogP contribution in [-0.4, -0.2) is 40.4 Å². The Labute approximate surface area is 152 Å². The van der Waals surface area contributed by atoms with E-state index in [-0.39, 0.29) is 21.9 Å². The Bertz CT molecular complexity index is 909. The number of hydrogen-bond donors (Lipinski definition) is 2. The number of anilines is 1. The monoisotopic (exact) mass is 376 g/mol. The highest BCUT2D eigenvalue weighted by Gasteiger charge is 2.17. The van der Waals surface area contributed by atoms with Crippen LogP contribution in [-0.2, 0) is 14.8 Å². The summed E-state index contributed by atoms with van der Waals surface area (Å²) in [6.45, 7) is 2.08. The number of ketones is 1. The van der Waals surface area contributed by atoms with Crippen LogP contribution in [0.3, 0.4) is 0 Å². The molecule has 2 rings (SSSR count). The van der Waals surface area contributed by atoms with Crippen LogP contribution in [0, 0.1) is 0 Å². The number of carbonyl (C=O) groups is 2. The number of sulfonamides is 1. The van der Waals surface area contributed by atoms with Gasteiger partial charge in [-0.05, 0) is 37.3 Å². The lowest BCUT2D eigenvalue weighted by molar-refractivity contribution is 0.0936. The van der Waals surface area contributed by atoms with Gasteiger partial charge in [-0.1, -0.05) is 18.2 Å². The minimum atomic E-state index is -3.90. The molecule has 8 heteroatoms. The molecule has 26 heavy (non-hydrogen) atoms. The molecule has 0 aliphatic carbocycles. The van der Waals surface area contributed by atoms with Gasteiger partial charge in [-0.2, -0.15) is 0 Å². The summed E-state index contributed by atoms with van der Waals surface area (Å²) in [6, 6.07) is 11.9. The first-order chi connectivity index (χ1) is 12.3. The number of amides is 1. The van der Waals surface area contributed by atoms with Gasteiger partial charge >= 0.3 is 0 Å². The third kappa shape index (κ3) is 5.14. The number of nitrogens with one attached hydrogen (secondary N) is 2. The molecule has 7 nitrogen and oxygen atoms in total. The van der Waals surface area contributed by atoms with Crippen molar-refractivity contribution in [2.45, 2.75) is 11.8 Å². The summed E-state index contributed by atoms with van der Waals surface area (Å²) in [5, 5.41) is 2.63. The van der Waals surface area contributed by atoms with Gasteiger partial charge in [-0.3, -0.25) is 14.3 Å². The molecular weight excluding hydrogens is 356 g/mol. The minimum absolute atomic E-state index is 0.0508. The van der Waals surface area contributed by atoms with Crippen LogP contribution in [0.1, 0.15) is 27.6 Å². The molecule has 2 aromatic carbocycles. The molecule has 1 amide bonds. The van der Waals surface area contributed by atoms with Gasteiger partial charge in [0.05, 0.1) is 11.5 Å². The van der Waals surface area contributed by atoms with Crippen molar-refractivity contribution < 1.29 is 22.7 Å². The minimum Gasteiger partial charge on any atom is -0.383 e. The van der Waals surface area contributed by atoms with Crippen LogP contribution in [0.2, 0.25) is 0 Å². The molecule has 0 atom stereocenters. The molecule has 2 aromatic rings. The smallest absolute Gasteiger partial charge is 0.261 e. The topological polar surface area (TPSA) is 102 Å². The third-order valence-electron chi connectivity index (χ3n) is 3.52. The third-order valence-corrected chi connectivity index (χ3v) is 4.90. The highest BCUT2D eigenvalue weighted by Crippen LogP contribution is 2.18. The van der Waals surface area contributed by atoms with Crippen molar-refractivity contribution in [2.24, 2.45) is 0 Å². The van der Waals surface area contributed by atoms with E-state index < -0.39 is 15.9 Å². The second-order valence-electron chi connectivity index (χ2n) is 5.52.